The van der Waals surface area contributed by atoms with Crippen molar-refractivity contribution in [1.82, 2.24) is 19.6 Å². The molecule has 3 heterocycles. The Morgan fingerprint density at radius 1 is 1.20 bits per heavy atom. The summed E-state index contributed by atoms with van der Waals surface area (Å²) in [6, 6.07) is 1.56. The van der Waals surface area contributed by atoms with Crippen LogP contribution in [0.15, 0.2) is 4.47 Å². The Bertz CT molecular complexity index is 484. The average molecular weight is 341 g/mol. The molecule has 0 spiro atoms. The Kier molecular flexibility index (Phi) is 4.20. The van der Waals surface area contributed by atoms with Crippen molar-refractivity contribution < 1.29 is 0 Å². The molecule has 0 aromatic carbocycles. The van der Waals surface area contributed by atoms with Gasteiger partial charge in [-0.25, -0.2) is 0 Å². The molecule has 0 aliphatic carbocycles. The second-order valence-electron chi connectivity index (χ2n) is 6.26. The number of rotatable bonds is 3. The van der Waals surface area contributed by atoms with Gasteiger partial charge in [0.05, 0.1) is 15.9 Å². The molecule has 2 atom stereocenters. The van der Waals surface area contributed by atoms with Gasteiger partial charge in [-0.2, -0.15) is 5.10 Å². The lowest BCUT2D eigenvalue weighted by Crippen LogP contribution is -2.36. The van der Waals surface area contributed by atoms with Crippen LogP contribution in [-0.2, 0) is 20.0 Å². The van der Waals surface area contributed by atoms with Gasteiger partial charge in [0.2, 0.25) is 0 Å². The zero-order chi connectivity index (χ0) is 14.3. The Morgan fingerprint density at radius 3 is 2.65 bits per heavy atom. The van der Waals surface area contributed by atoms with Crippen molar-refractivity contribution in [2.24, 2.45) is 7.05 Å². The van der Waals surface area contributed by atoms with Crippen molar-refractivity contribution in [1.29, 1.82) is 0 Å². The Balaban J connectivity index is 1.74. The fourth-order valence-corrected chi connectivity index (χ4v) is 4.47. The Labute approximate surface area is 130 Å². The molecular formula is C15H25BrN4. The fraction of sp³-hybridized carbons (Fsp3) is 0.800. The summed E-state index contributed by atoms with van der Waals surface area (Å²) in [5.41, 5.74) is 2.50. The van der Waals surface area contributed by atoms with E-state index in [-0.39, 0.29) is 0 Å². The predicted molar refractivity (Wildman–Crippen MR) is 84.8 cm³/mol. The molecule has 0 N–H and O–H groups in total. The highest BCUT2D eigenvalue weighted by Crippen LogP contribution is 2.30. The molecule has 0 saturated carbocycles. The highest BCUT2D eigenvalue weighted by atomic mass is 79.9. The third-order valence-electron chi connectivity index (χ3n) is 5.11. The molecule has 2 unspecified atom stereocenters. The molecule has 2 fully saturated rings. The summed E-state index contributed by atoms with van der Waals surface area (Å²) in [6.45, 7) is 5.59. The van der Waals surface area contributed by atoms with E-state index in [4.69, 9.17) is 0 Å². The van der Waals surface area contributed by atoms with E-state index in [1.54, 1.807) is 0 Å². The van der Waals surface area contributed by atoms with Gasteiger partial charge in [-0.1, -0.05) is 6.92 Å². The smallest absolute Gasteiger partial charge is 0.0767 e. The molecule has 112 valence electrons. The van der Waals surface area contributed by atoms with Gasteiger partial charge in [0.15, 0.2) is 0 Å². The highest BCUT2D eigenvalue weighted by Gasteiger charge is 2.34. The van der Waals surface area contributed by atoms with Crippen molar-refractivity contribution in [2.75, 3.05) is 20.1 Å². The summed E-state index contributed by atoms with van der Waals surface area (Å²) in [5.74, 6) is 0. The predicted octanol–water partition coefficient (Wildman–Crippen LogP) is 2.41. The molecule has 2 aliphatic heterocycles. The van der Waals surface area contributed by atoms with Crippen molar-refractivity contribution in [3.8, 4) is 0 Å². The van der Waals surface area contributed by atoms with E-state index < -0.39 is 0 Å². The number of aryl methyl sites for hydroxylation is 2. The highest BCUT2D eigenvalue weighted by molar-refractivity contribution is 9.10. The van der Waals surface area contributed by atoms with Gasteiger partial charge in [-0.15, -0.1) is 0 Å². The van der Waals surface area contributed by atoms with Gasteiger partial charge in [-0.05, 0) is 48.7 Å². The molecular weight excluding hydrogens is 316 g/mol. The van der Waals surface area contributed by atoms with E-state index >= 15 is 0 Å². The number of likely N-dealkylation sites (tertiary alicyclic amines) is 1. The topological polar surface area (TPSA) is 24.3 Å². The van der Waals surface area contributed by atoms with Crippen LogP contribution in [0.2, 0.25) is 0 Å². The summed E-state index contributed by atoms with van der Waals surface area (Å²) in [6.07, 6.45) is 5.06. The third-order valence-corrected chi connectivity index (χ3v) is 6.02. The third kappa shape index (κ3) is 2.55. The van der Waals surface area contributed by atoms with Gasteiger partial charge in [0.1, 0.15) is 0 Å². The largest absolute Gasteiger partial charge is 0.299 e. The SMILES string of the molecule is CCc1nn(C)c(CN2CCC3CCC(C2)N3C)c1Br. The minimum atomic E-state index is 0.750. The number of halogens is 1. The van der Waals surface area contributed by atoms with Crippen LogP contribution in [-0.4, -0.2) is 51.8 Å². The van der Waals surface area contributed by atoms with E-state index in [1.807, 2.05) is 0 Å². The van der Waals surface area contributed by atoms with Gasteiger partial charge in [0, 0.05) is 38.8 Å². The minimum Gasteiger partial charge on any atom is -0.299 e. The fourth-order valence-electron chi connectivity index (χ4n) is 3.73. The van der Waals surface area contributed by atoms with Crippen LogP contribution in [0, 0.1) is 0 Å². The first-order chi connectivity index (χ1) is 9.60. The maximum atomic E-state index is 4.61. The van der Waals surface area contributed by atoms with Crippen LogP contribution in [0.1, 0.15) is 37.6 Å². The summed E-state index contributed by atoms with van der Waals surface area (Å²) < 4.78 is 3.26. The first-order valence-corrected chi connectivity index (χ1v) is 8.54. The second kappa shape index (κ2) is 5.78. The molecule has 1 aromatic rings. The van der Waals surface area contributed by atoms with Crippen molar-refractivity contribution >= 4 is 15.9 Å². The maximum absolute atomic E-state index is 4.61. The summed E-state index contributed by atoms with van der Waals surface area (Å²) >= 11 is 3.74. The lowest BCUT2D eigenvalue weighted by atomic mass is 10.1. The molecule has 4 nitrogen and oxygen atoms in total. The van der Waals surface area contributed by atoms with Crippen LogP contribution in [0.4, 0.5) is 0 Å². The van der Waals surface area contributed by atoms with Crippen LogP contribution in [0.3, 0.4) is 0 Å². The summed E-state index contributed by atoms with van der Waals surface area (Å²) in [5, 5.41) is 4.61. The van der Waals surface area contributed by atoms with Crippen molar-refractivity contribution in [3.63, 3.8) is 0 Å². The zero-order valence-electron chi connectivity index (χ0n) is 12.8. The molecule has 0 radical (unpaired) electrons. The summed E-state index contributed by atoms with van der Waals surface area (Å²) in [7, 11) is 4.37. The van der Waals surface area contributed by atoms with E-state index in [0.29, 0.717) is 0 Å². The number of fused-ring (bicyclic) bond motifs is 2. The molecule has 2 saturated heterocycles. The number of hydrogen-bond acceptors (Lipinski definition) is 3. The summed E-state index contributed by atoms with van der Waals surface area (Å²) in [4.78, 5) is 5.22. The first kappa shape index (κ1) is 14.5. The van der Waals surface area contributed by atoms with Crippen molar-refractivity contribution in [3.05, 3.63) is 15.9 Å². The molecule has 2 aliphatic rings. The number of nitrogens with zero attached hydrogens (tertiary/aromatic N) is 4. The Morgan fingerprint density at radius 2 is 1.95 bits per heavy atom. The van der Waals surface area contributed by atoms with Crippen LogP contribution < -0.4 is 0 Å². The first-order valence-electron chi connectivity index (χ1n) is 7.74. The van der Waals surface area contributed by atoms with Crippen LogP contribution in [0.25, 0.3) is 0 Å². The monoisotopic (exact) mass is 340 g/mol. The molecule has 1 aromatic heterocycles. The minimum absolute atomic E-state index is 0.750. The van der Waals surface area contributed by atoms with E-state index in [0.717, 1.165) is 25.0 Å². The van der Waals surface area contributed by atoms with Crippen molar-refractivity contribution in [2.45, 2.75) is 51.2 Å². The zero-order valence-corrected chi connectivity index (χ0v) is 14.4. The lowest BCUT2D eigenvalue weighted by Gasteiger charge is -2.25. The quantitative estimate of drug-likeness (QED) is 0.844. The van der Waals surface area contributed by atoms with Gasteiger partial charge in [0.25, 0.3) is 0 Å². The lowest BCUT2D eigenvalue weighted by molar-refractivity contribution is 0.211. The van der Waals surface area contributed by atoms with Gasteiger partial charge in [-0.3, -0.25) is 14.5 Å². The molecule has 5 heteroatoms. The molecule has 3 rings (SSSR count). The van der Waals surface area contributed by atoms with E-state index in [1.165, 1.54) is 48.2 Å². The second-order valence-corrected chi connectivity index (χ2v) is 7.05. The normalized spacial score (nSPS) is 28.0. The number of likely N-dealkylation sites (N-methyl/N-ethyl adjacent to an activating group) is 1. The number of aromatic nitrogens is 2. The molecule has 20 heavy (non-hydrogen) atoms. The van der Waals surface area contributed by atoms with Crippen LogP contribution in [0.5, 0.6) is 0 Å². The average Bonchev–Trinajstić information content (AvgIpc) is 2.82. The maximum Gasteiger partial charge on any atom is 0.0767 e. The van der Waals surface area contributed by atoms with Gasteiger partial charge >= 0.3 is 0 Å². The molecule has 2 bridgehead atoms. The number of hydrogen-bond donors (Lipinski definition) is 0. The van der Waals surface area contributed by atoms with Gasteiger partial charge < -0.3 is 0 Å². The molecule has 0 amide bonds. The van der Waals surface area contributed by atoms with E-state index in [9.17, 15) is 0 Å². The Hall–Kier alpha value is -0.390. The van der Waals surface area contributed by atoms with Crippen LogP contribution >= 0.6 is 15.9 Å². The van der Waals surface area contributed by atoms with E-state index in [2.05, 4.69) is 56.5 Å². The standard InChI is InChI=1S/C15H25BrN4/c1-4-13-15(16)14(19(3)17-13)10-20-8-7-11-5-6-12(9-20)18(11)2/h11-12H,4-10H2,1-3H3.